The van der Waals surface area contributed by atoms with Crippen LogP contribution in [0.15, 0.2) is 53.7 Å². The number of H-pyrrole nitrogens is 1. The Morgan fingerprint density at radius 2 is 1.77 bits per heavy atom. The fourth-order valence-electron chi connectivity index (χ4n) is 4.28. The second-order valence-corrected chi connectivity index (χ2v) is 9.79. The lowest BCUT2D eigenvalue weighted by Gasteiger charge is -2.25. The molecule has 0 atom stereocenters. The van der Waals surface area contributed by atoms with Gasteiger partial charge in [0, 0.05) is 55.4 Å². The third kappa shape index (κ3) is 8.83. The average Bonchev–Trinajstić information content (AvgIpc) is 3.53. The first-order chi connectivity index (χ1) is 19.7. The third-order valence-electron chi connectivity index (χ3n) is 6.17. The van der Waals surface area contributed by atoms with Gasteiger partial charge in [-0.1, -0.05) is 0 Å². The largest absolute Gasteiger partial charge is 0.495 e. The van der Waals surface area contributed by atoms with Gasteiger partial charge in [-0.15, -0.1) is 48.0 Å². The molecule has 12 nitrogen and oxygen atoms in total. The van der Waals surface area contributed by atoms with E-state index in [0.29, 0.717) is 64.4 Å². The molecule has 7 N–H and O–H groups in total. The van der Waals surface area contributed by atoms with E-state index in [9.17, 15) is 9.59 Å². The fraction of sp³-hybridized carbons (Fsp3) is 0.259. The van der Waals surface area contributed by atoms with Crippen molar-refractivity contribution in [2.75, 3.05) is 54.0 Å². The first-order valence-electron chi connectivity index (χ1n) is 12.6. The number of ether oxygens (including phenoxy) is 1. The highest BCUT2D eigenvalue weighted by molar-refractivity contribution is 6.18. The Morgan fingerprint density at radius 3 is 2.42 bits per heavy atom. The summed E-state index contributed by atoms with van der Waals surface area (Å²) in [6.07, 6.45) is 1.75. The van der Waals surface area contributed by atoms with E-state index in [-0.39, 0.29) is 49.1 Å². The molecular formula is C27H33Cl4N9O3. The number of imidazole rings is 1. The average molecular weight is 673 g/mol. The summed E-state index contributed by atoms with van der Waals surface area (Å²) < 4.78 is 7.39. The number of halogens is 4. The van der Waals surface area contributed by atoms with Crippen LogP contribution in [0.4, 0.5) is 17.1 Å². The number of alkyl halides is 2. The lowest BCUT2D eigenvalue weighted by molar-refractivity contribution is -0.114. The van der Waals surface area contributed by atoms with Crippen LogP contribution in [0.1, 0.15) is 10.4 Å². The Morgan fingerprint density at radius 1 is 1.05 bits per heavy atom. The maximum atomic E-state index is 13.1. The third-order valence-corrected chi connectivity index (χ3v) is 6.51. The molecule has 2 aromatic carbocycles. The van der Waals surface area contributed by atoms with Crippen LogP contribution in [0.5, 0.6) is 5.75 Å². The van der Waals surface area contributed by atoms with Gasteiger partial charge in [-0.25, -0.2) is 9.98 Å². The zero-order chi connectivity index (χ0) is 29.5. The molecule has 4 rings (SSSR count). The molecule has 0 aliphatic carbocycles. The molecule has 0 aliphatic heterocycles. The van der Waals surface area contributed by atoms with E-state index < -0.39 is 0 Å². The Kier molecular flexibility index (Phi) is 13.3. The highest BCUT2D eigenvalue weighted by Crippen LogP contribution is 2.32. The van der Waals surface area contributed by atoms with E-state index in [4.69, 9.17) is 39.4 Å². The lowest BCUT2D eigenvalue weighted by atomic mass is 10.1. The number of nitrogens with one attached hydrogen (secondary N) is 3. The van der Waals surface area contributed by atoms with Crippen molar-refractivity contribution in [3.63, 3.8) is 0 Å². The summed E-state index contributed by atoms with van der Waals surface area (Å²) in [5.74, 6) is 1.25. The molecule has 43 heavy (non-hydrogen) atoms. The van der Waals surface area contributed by atoms with E-state index in [0.717, 1.165) is 11.4 Å². The minimum atomic E-state index is -0.356. The summed E-state index contributed by atoms with van der Waals surface area (Å²) in [4.78, 5) is 38.8. The van der Waals surface area contributed by atoms with Crippen molar-refractivity contribution in [1.29, 1.82) is 0 Å². The first kappa shape index (κ1) is 35.4. The van der Waals surface area contributed by atoms with Gasteiger partial charge in [-0.05, 0) is 36.4 Å². The number of aromatic nitrogens is 3. The van der Waals surface area contributed by atoms with Gasteiger partial charge in [-0.2, -0.15) is 0 Å². The summed E-state index contributed by atoms with van der Waals surface area (Å²) in [5.41, 5.74) is 15.1. The summed E-state index contributed by atoms with van der Waals surface area (Å²) in [6.45, 7) is 1.04. The number of hydrogen-bond acceptors (Lipinski definition) is 6. The number of aryl methyl sites for hydroxylation is 1. The van der Waals surface area contributed by atoms with Crippen LogP contribution in [-0.4, -0.2) is 70.8 Å². The molecule has 0 spiro atoms. The van der Waals surface area contributed by atoms with Gasteiger partial charge in [0.05, 0.1) is 35.2 Å². The molecule has 0 fully saturated rings. The number of anilines is 3. The molecule has 0 aliphatic rings. The van der Waals surface area contributed by atoms with Crippen molar-refractivity contribution in [3.8, 4) is 17.3 Å². The standard InChI is InChI=1S/C27H31Cl2N9O3.2ClH/c1-37-15-18(33-24(39)14-32-27(30)31)12-22(37)25-35-19-5-3-16(11-20(19)36-25)26(40)34-17-4-6-21(23(13-17)41-2)38(9-7-28)10-8-29;;/h3-6,11-13,15H,7-10,14H2,1-2H3,(H,33,39)(H,34,40)(H,35,36)(H4,30,31,32);2*1H. The maximum absolute atomic E-state index is 13.1. The molecule has 0 saturated heterocycles. The second-order valence-electron chi connectivity index (χ2n) is 9.04. The quantitative estimate of drug-likeness (QED) is 0.0855. The van der Waals surface area contributed by atoms with Crippen molar-refractivity contribution in [1.82, 2.24) is 14.5 Å². The van der Waals surface area contributed by atoms with Crippen molar-refractivity contribution in [2.24, 2.45) is 23.5 Å². The number of methoxy groups -OCH3 is 1. The Hall–Kier alpha value is -3.84. The van der Waals surface area contributed by atoms with Gasteiger partial charge in [0.25, 0.3) is 5.91 Å². The number of nitrogens with two attached hydrogens (primary N) is 2. The van der Waals surface area contributed by atoms with Crippen LogP contribution in [0.3, 0.4) is 0 Å². The molecule has 0 saturated carbocycles. The topological polar surface area (TPSA) is 169 Å². The zero-order valence-corrected chi connectivity index (χ0v) is 26.5. The van der Waals surface area contributed by atoms with Gasteiger partial charge < -0.3 is 41.3 Å². The van der Waals surface area contributed by atoms with E-state index in [1.807, 2.05) is 22.6 Å². The molecule has 2 amide bonds. The van der Waals surface area contributed by atoms with E-state index in [1.165, 1.54) is 0 Å². The number of benzene rings is 2. The summed E-state index contributed by atoms with van der Waals surface area (Å²) in [5, 5.41) is 5.66. The predicted molar refractivity (Wildman–Crippen MR) is 179 cm³/mol. The van der Waals surface area contributed by atoms with Crippen LogP contribution < -0.4 is 31.7 Å². The molecule has 0 radical (unpaired) electrons. The van der Waals surface area contributed by atoms with Crippen molar-refractivity contribution in [3.05, 3.63) is 54.2 Å². The SMILES string of the molecule is COc1cc(NC(=O)c2ccc3nc(-c4cc(NC(=O)CN=C(N)N)cn4C)[nH]c3c2)ccc1N(CCCl)CCCl.Cl.Cl. The number of aliphatic imine (C=N–C) groups is 1. The van der Waals surface area contributed by atoms with Crippen LogP contribution in [-0.2, 0) is 11.8 Å². The van der Waals surface area contributed by atoms with Crippen LogP contribution in [0.2, 0.25) is 0 Å². The monoisotopic (exact) mass is 671 g/mol. The highest BCUT2D eigenvalue weighted by atomic mass is 35.5. The predicted octanol–water partition coefficient (Wildman–Crippen LogP) is 4.17. The van der Waals surface area contributed by atoms with Crippen molar-refractivity contribution in [2.45, 2.75) is 0 Å². The number of hydrogen-bond donors (Lipinski definition) is 5. The molecule has 4 aromatic rings. The van der Waals surface area contributed by atoms with Gasteiger partial charge >= 0.3 is 0 Å². The molecule has 2 aromatic heterocycles. The molecule has 16 heteroatoms. The summed E-state index contributed by atoms with van der Waals surface area (Å²) >= 11 is 11.9. The minimum absolute atomic E-state index is 0. The second kappa shape index (κ2) is 16.1. The normalized spacial score (nSPS) is 10.3. The Bertz CT molecular complexity index is 1580. The van der Waals surface area contributed by atoms with Crippen molar-refractivity contribution >= 4 is 93.9 Å². The maximum Gasteiger partial charge on any atom is 0.255 e. The van der Waals surface area contributed by atoms with Crippen LogP contribution >= 0.6 is 48.0 Å². The number of rotatable bonds is 12. The van der Waals surface area contributed by atoms with Crippen LogP contribution in [0.25, 0.3) is 22.6 Å². The Labute approximate surface area is 271 Å². The lowest BCUT2D eigenvalue weighted by Crippen LogP contribution is -2.28. The van der Waals surface area contributed by atoms with Gasteiger partial charge in [0.15, 0.2) is 11.8 Å². The number of nitrogens with zero attached hydrogens (tertiary/aromatic N) is 4. The molecule has 0 unspecified atom stereocenters. The first-order valence-corrected chi connectivity index (χ1v) is 13.7. The van der Waals surface area contributed by atoms with E-state index in [2.05, 4.69) is 25.6 Å². The smallest absolute Gasteiger partial charge is 0.255 e. The van der Waals surface area contributed by atoms with Crippen molar-refractivity contribution < 1.29 is 14.3 Å². The van der Waals surface area contributed by atoms with E-state index in [1.54, 1.807) is 49.7 Å². The number of fused-ring (bicyclic) bond motifs is 1. The highest BCUT2D eigenvalue weighted by Gasteiger charge is 2.16. The summed E-state index contributed by atoms with van der Waals surface area (Å²) in [7, 11) is 3.40. The fourth-order valence-corrected chi connectivity index (χ4v) is 4.69. The van der Waals surface area contributed by atoms with Gasteiger partial charge in [-0.3, -0.25) is 9.59 Å². The Balaban J connectivity index is 0.00000323. The van der Waals surface area contributed by atoms with Gasteiger partial charge in [0.1, 0.15) is 12.3 Å². The number of carbonyl (C=O) groups excluding carboxylic acids is 2. The number of guanidine groups is 1. The number of carbonyl (C=O) groups is 2. The van der Waals surface area contributed by atoms with Gasteiger partial charge in [0.2, 0.25) is 5.91 Å². The molecule has 2 heterocycles. The summed E-state index contributed by atoms with van der Waals surface area (Å²) in [6, 6.07) is 12.4. The van der Waals surface area contributed by atoms with Crippen LogP contribution in [0, 0.1) is 0 Å². The molecule has 0 bridgehead atoms. The number of amides is 2. The van der Waals surface area contributed by atoms with E-state index >= 15 is 0 Å². The molecule has 232 valence electrons. The number of aromatic amines is 1. The zero-order valence-electron chi connectivity index (χ0n) is 23.4. The molecular weight excluding hydrogens is 640 g/mol. The minimum Gasteiger partial charge on any atom is -0.495 e.